The highest BCUT2D eigenvalue weighted by Crippen LogP contribution is 2.45. The van der Waals surface area contributed by atoms with E-state index in [0.717, 1.165) is 43.9 Å². The normalized spacial score (nSPS) is 15.1. The maximum Gasteiger partial charge on any atom is 0.140 e. The molecule has 174 valence electrons. The summed E-state index contributed by atoms with van der Waals surface area (Å²) in [6, 6.07) is 30.2. The summed E-state index contributed by atoms with van der Waals surface area (Å²) in [6.07, 6.45) is 1.86. The molecule has 0 saturated heterocycles. The molecular formula is C30H23BrFNO2. The number of para-hydroxylation sites is 2. The fraction of sp³-hybridized carbons (Fsp3) is 0.100. The number of ether oxygens (including phenoxy) is 2. The Labute approximate surface area is 212 Å². The summed E-state index contributed by atoms with van der Waals surface area (Å²) in [5, 5.41) is 0. The van der Waals surface area contributed by atoms with E-state index in [1.54, 1.807) is 0 Å². The van der Waals surface area contributed by atoms with Crippen molar-refractivity contribution in [1.29, 1.82) is 0 Å². The highest BCUT2D eigenvalue weighted by Gasteiger charge is 2.31. The fourth-order valence-electron chi connectivity index (χ4n) is 4.22. The third kappa shape index (κ3) is 4.91. The van der Waals surface area contributed by atoms with Crippen LogP contribution >= 0.6 is 15.9 Å². The highest BCUT2D eigenvalue weighted by molar-refractivity contribution is 9.10. The average Bonchev–Trinajstić information content (AvgIpc) is 2.89. The molecule has 4 aromatic rings. The maximum absolute atomic E-state index is 13.8. The van der Waals surface area contributed by atoms with Crippen LogP contribution in [-0.4, -0.2) is 12.8 Å². The monoisotopic (exact) mass is 527 g/mol. The molecule has 0 radical (unpaired) electrons. The molecule has 0 aliphatic carbocycles. The first-order valence-electron chi connectivity index (χ1n) is 11.4. The zero-order valence-electron chi connectivity index (χ0n) is 19.1. The van der Waals surface area contributed by atoms with Crippen LogP contribution in [0.25, 0.3) is 5.76 Å². The van der Waals surface area contributed by atoms with Gasteiger partial charge in [-0.1, -0.05) is 42.5 Å². The van der Waals surface area contributed by atoms with Crippen molar-refractivity contribution >= 4 is 33.6 Å². The van der Waals surface area contributed by atoms with E-state index in [-0.39, 0.29) is 11.7 Å². The van der Waals surface area contributed by atoms with E-state index in [1.165, 1.54) is 12.1 Å². The Morgan fingerprint density at radius 3 is 2.37 bits per heavy atom. The fourth-order valence-corrected chi connectivity index (χ4v) is 4.60. The van der Waals surface area contributed by atoms with Crippen molar-refractivity contribution in [3.63, 3.8) is 0 Å². The number of benzene rings is 4. The summed E-state index contributed by atoms with van der Waals surface area (Å²) in [4.78, 5) is 4.81. The molecule has 1 aliphatic heterocycles. The van der Waals surface area contributed by atoms with Crippen molar-refractivity contribution in [2.75, 3.05) is 6.61 Å². The number of halogens is 2. The number of nitrogens with zero attached hydrogens (tertiary/aromatic N) is 1. The van der Waals surface area contributed by atoms with E-state index < -0.39 is 0 Å². The Bertz CT molecular complexity index is 1390. The molecule has 1 unspecified atom stereocenters. The van der Waals surface area contributed by atoms with Gasteiger partial charge in [0.1, 0.15) is 23.1 Å². The zero-order valence-corrected chi connectivity index (χ0v) is 20.7. The van der Waals surface area contributed by atoms with Crippen LogP contribution in [-0.2, 0) is 0 Å². The first-order valence-corrected chi connectivity index (χ1v) is 12.2. The van der Waals surface area contributed by atoms with Crippen LogP contribution in [0.4, 0.5) is 10.1 Å². The van der Waals surface area contributed by atoms with E-state index >= 15 is 0 Å². The molecule has 1 heterocycles. The van der Waals surface area contributed by atoms with Gasteiger partial charge in [0.05, 0.1) is 12.3 Å². The zero-order chi connectivity index (χ0) is 24.2. The van der Waals surface area contributed by atoms with Gasteiger partial charge in [0.2, 0.25) is 0 Å². The van der Waals surface area contributed by atoms with Crippen molar-refractivity contribution < 1.29 is 13.9 Å². The standard InChI is InChI=1S/C30H23BrFNO2/c1-2-34-23-17-13-21(14-18-23)30-25(19-33-27-9-5-4-8-26(27)31)29(20-11-15-22(32)16-12-20)24-7-3-6-10-28(24)35-30/h3-19,29H,2H2,1H3. The first kappa shape index (κ1) is 23.1. The van der Waals surface area contributed by atoms with Crippen molar-refractivity contribution in [3.05, 3.63) is 130 Å². The lowest BCUT2D eigenvalue weighted by molar-refractivity contribution is 0.340. The molecule has 5 heteroatoms. The molecule has 1 aliphatic rings. The maximum atomic E-state index is 13.8. The molecule has 35 heavy (non-hydrogen) atoms. The van der Waals surface area contributed by atoms with E-state index in [0.29, 0.717) is 12.4 Å². The number of fused-ring (bicyclic) bond motifs is 1. The Hall–Kier alpha value is -3.70. The van der Waals surface area contributed by atoms with Crippen molar-refractivity contribution in [2.45, 2.75) is 12.8 Å². The van der Waals surface area contributed by atoms with Gasteiger partial charge in [0.15, 0.2) is 0 Å². The summed E-state index contributed by atoms with van der Waals surface area (Å²) in [7, 11) is 0. The molecule has 1 atom stereocenters. The van der Waals surface area contributed by atoms with Crippen molar-refractivity contribution in [2.24, 2.45) is 4.99 Å². The minimum absolute atomic E-state index is 0.187. The van der Waals surface area contributed by atoms with Gasteiger partial charge in [-0.2, -0.15) is 0 Å². The lowest BCUT2D eigenvalue weighted by Crippen LogP contribution is -2.17. The predicted octanol–water partition coefficient (Wildman–Crippen LogP) is 8.33. The molecule has 0 amide bonds. The van der Waals surface area contributed by atoms with Gasteiger partial charge < -0.3 is 9.47 Å². The number of rotatable bonds is 6. The second kappa shape index (κ2) is 10.3. The molecule has 0 saturated carbocycles. The lowest BCUT2D eigenvalue weighted by Gasteiger charge is -2.30. The topological polar surface area (TPSA) is 30.8 Å². The molecule has 4 aromatic carbocycles. The van der Waals surface area contributed by atoms with Gasteiger partial charge in [-0.25, -0.2) is 4.39 Å². The first-order chi connectivity index (χ1) is 17.1. The van der Waals surface area contributed by atoms with E-state index in [4.69, 9.17) is 14.5 Å². The SMILES string of the molecule is CCOc1ccc(C2=C(C=Nc3ccccc3Br)C(c3ccc(F)cc3)c3ccccc3O2)cc1. The molecule has 0 aromatic heterocycles. The minimum Gasteiger partial charge on any atom is -0.494 e. The average molecular weight is 528 g/mol. The number of allylic oxidation sites excluding steroid dienone is 1. The van der Waals surface area contributed by atoms with Crippen LogP contribution in [0.5, 0.6) is 11.5 Å². The third-order valence-electron chi connectivity index (χ3n) is 5.84. The molecule has 0 spiro atoms. The van der Waals surface area contributed by atoms with Gasteiger partial charge in [-0.05, 0) is 83.0 Å². The highest BCUT2D eigenvalue weighted by atomic mass is 79.9. The summed E-state index contributed by atoms with van der Waals surface area (Å²) in [6.45, 7) is 2.56. The van der Waals surface area contributed by atoms with Gasteiger partial charge in [-0.15, -0.1) is 0 Å². The van der Waals surface area contributed by atoms with Crippen LogP contribution in [0.15, 0.2) is 112 Å². The predicted molar refractivity (Wildman–Crippen MR) is 142 cm³/mol. The van der Waals surface area contributed by atoms with Crippen LogP contribution in [0.2, 0.25) is 0 Å². The molecular weight excluding hydrogens is 505 g/mol. The Morgan fingerprint density at radius 1 is 0.914 bits per heavy atom. The number of aliphatic imine (C=N–C) groups is 1. The summed E-state index contributed by atoms with van der Waals surface area (Å²) in [5.41, 5.74) is 4.56. The third-order valence-corrected chi connectivity index (χ3v) is 6.51. The van der Waals surface area contributed by atoms with Crippen LogP contribution in [0, 0.1) is 5.82 Å². The Morgan fingerprint density at radius 2 is 1.63 bits per heavy atom. The molecule has 0 fully saturated rings. The van der Waals surface area contributed by atoms with E-state index in [2.05, 4.69) is 15.9 Å². The van der Waals surface area contributed by atoms with Crippen LogP contribution < -0.4 is 9.47 Å². The van der Waals surface area contributed by atoms with Crippen LogP contribution in [0.1, 0.15) is 29.5 Å². The summed E-state index contributed by atoms with van der Waals surface area (Å²) < 4.78 is 26.8. The molecule has 3 nitrogen and oxygen atoms in total. The second-order valence-corrected chi connectivity index (χ2v) is 8.93. The second-order valence-electron chi connectivity index (χ2n) is 8.08. The number of hydrogen-bond acceptors (Lipinski definition) is 3. The van der Waals surface area contributed by atoms with Crippen molar-refractivity contribution in [3.8, 4) is 11.5 Å². The smallest absolute Gasteiger partial charge is 0.140 e. The molecule has 0 N–H and O–H groups in total. The summed E-state index contributed by atoms with van der Waals surface area (Å²) >= 11 is 3.58. The van der Waals surface area contributed by atoms with Gasteiger partial charge in [-0.3, -0.25) is 4.99 Å². The molecule has 0 bridgehead atoms. The van der Waals surface area contributed by atoms with E-state index in [1.807, 2.05) is 98.1 Å². The molecule has 5 rings (SSSR count). The van der Waals surface area contributed by atoms with Gasteiger partial charge in [0.25, 0.3) is 0 Å². The Kier molecular flexibility index (Phi) is 6.77. The van der Waals surface area contributed by atoms with Gasteiger partial charge >= 0.3 is 0 Å². The minimum atomic E-state index is -0.270. The van der Waals surface area contributed by atoms with Gasteiger partial charge in [0, 0.05) is 33.3 Å². The number of hydrogen-bond donors (Lipinski definition) is 0. The van der Waals surface area contributed by atoms with Crippen molar-refractivity contribution in [1.82, 2.24) is 0 Å². The largest absolute Gasteiger partial charge is 0.494 e. The lowest BCUT2D eigenvalue weighted by atomic mass is 9.81. The van der Waals surface area contributed by atoms with Crippen LogP contribution in [0.3, 0.4) is 0 Å². The Balaban J connectivity index is 1.71. The quantitative estimate of drug-likeness (QED) is 0.236. The van der Waals surface area contributed by atoms with E-state index in [9.17, 15) is 4.39 Å². The summed E-state index contributed by atoms with van der Waals surface area (Å²) in [5.74, 6) is 1.81.